The van der Waals surface area contributed by atoms with Crippen LogP contribution < -0.4 is 11.1 Å². The number of hydrogen-bond donors (Lipinski definition) is 2. The van der Waals surface area contributed by atoms with Gasteiger partial charge in [-0.05, 0) is 0 Å². The van der Waals surface area contributed by atoms with E-state index in [1.807, 2.05) is 30.3 Å². The minimum absolute atomic E-state index is 0.465. The molecular formula is C13H14N4. The largest absolute Gasteiger partial charge is 0.325 e. The van der Waals surface area contributed by atoms with Crippen LogP contribution in [0.2, 0.25) is 0 Å². The second-order valence-corrected chi connectivity index (χ2v) is 4.09. The highest BCUT2D eigenvalue weighted by Gasteiger charge is 2.18. The fraction of sp³-hybridized carbons (Fsp3) is 0.231. The van der Waals surface area contributed by atoms with Gasteiger partial charge in [0.2, 0.25) is 0 Å². The predicted octanol–water partition coefficient (Wildman–Crippen LogP) is 1.21. The Morgan fingerprint density at radius 3 is 2.71 bits per heavy atom. The number of nitrogens with one attached hydrogen (secondary N) is 1. The van der Waals surface area contributed by atoms with Crippen LogP contribution in [0, 0.1) is 0 Å². The van der Waals surface area contributed by atoms with Crippen molar-refractivity contribution in [3.8, 4) is 11.4 Å². The van der Waals surface area contributed by atoms with Crippen molar-refractivity contribution in [2.24, 2.45) is 5.73 Å². The van der Waals surface area contributed by atoms with Gasteiger partial charge in [0, 0.05) is 30.8 Å². The molecule has 0 atom stereocenters. The van der Waals surface area contributed by atoms with Crippen LogP contribution >= 0.6 is 0 Å². The van der Waals surface area contributed by atoms with Gasteiger partial charge in [-0.25, -0.2) is 9.97 Å². The minimum atomic E-state index is 0.465. The van der Waals surface area contributed by atoms with Crippen LogP contribution in [0.4, 0.5) is 0 Å². The molecule has 1 aromatic heterocycles. The van der Waals surface area contributed by atoms with Gasteiger partial charge in [-0.1, -0.05) is 30.3 Å². The molecular weight excluding hydrogens is 212 g/mol. The number of fused-ring (bicyclic) bond motifs is 1. The molecule has 1 aliphatic heterocycles. The molecule has 0 saturated carbocycles. The lowest BCUT2D eigenvalue weighted by molar-refractivity contribution is 0.755. The standard InChI is InChI=1S/C13H14N4/c14-6-11-10-7-15-8-12(10)17-13(16-11)9-4-2-1-3-5-9/h1-5,15H,6-8,14H2. The molecule has 86 valence electrons. The Hall–Kier alpha value is -1.78. The molecule has 4 heteroatoms. The molecule has 0 unspecified atom stereocenters. The summed E-state index contributed by atoms with van der Waals surface area (Å²) in [6.07, 6.45) is 0. The zero-order valence-corrected chi connectivity index (χ0v) is 9.48. The Kier molecular flexibility index (Phi) is 2.59. The Morgan fingerprint density at radius 1 is 1.12 bits per heavy atom. The van der Waals surface area contributed by atoms with Gasteiger partial charge in [-0.2, -0.15) is 0 Å². The van der Waals surface area contributed by atoms with Gasteiger partial charge in [0.05, 0.1) is 11.4 Å². The van der Waals surface area contributed by atoms with Crippen molar-refractivity contribution < 1.29 is 0 Å². The summed E-state index contributed by atoms with van der Waals surface area (Å²) in [6.45, 7) is 2.11. The van der Waals surface area contributed by atoms with E-state index in [1.54, 1.807) is 0 Å². The SMILES string of the molecule is NCc1nc(-c2ccccc2)nc2c1CNC2. The van der Waals surface area contributed by atoms with E-state index in [0.717, 1.165) is 35.9 Å². The van der Waals surface area contributed by atoms with E-state index in [0.29, 0.717) is 6.54 Å². The zero-order valence-electron chi connectivity index (χ0n) is 9.48. The number of rotatable bonds is 2. The van der Waals surface area contributed by atoms with E-state index in [1.165, 1.54) is 5.56 Å². The Bertz CT molecular complexity index is 537. The molecule has 1 aromatic carbocycles. The van der Waals surface area contributed by atoms with Gasteiger partial charge < -0.3 is 11.1 Å². The van der Waals surface area contributed by atoms with Gasteiger partial charge in [0.15, 0.2) is 5.82 Å². The summed E-state index contributed by atoms with van der Waals surface area (Å²) in [5, 5.41) is 3.28. The van der Waals surface area contributed by atoms with Gasteiger partial charge in [-0.3, -0.25) is 0 Å². The number of nitrogens with two attached hydrogens (primary N) is 1. The maximum Gasteiger partial charge on any atom is 0.159 e. The monoisotopic (exact) mass is 226 g/mol. The first kappa shape index (κ1) is 10.4. The summed E-state index contributed by atoms with van der Waals surface area (Å²) in [6, 6.07) is 10.0. The van der Waals surface area contributed by atoms with Crippen molar-refractivity contribution in [3.05, 3.63) is 47.3 Å². The van der Waals surface area contributed by atoms with Crippen LogP contribution in [-0.2, 0) is 19.6 Å². The molecule has 0 amide bonds. The van der Waals surface area contributed by atoms with Crippen molar-refractivity contribution in [2.45, 2.75) is 19.6 Å². The van der Waals surface area contributed by atoms with Gasteiger partial charge >= 0.3 is 0 Å². The second kappa shape index (κ2) is 4.24. The molecule has 0 aliphatic carbocycles. The average molecular weight is 226 g/mol. The lowest BCUT2D eigenvalue weighted by Gasteiger charge is -2.07. The lowest BCUT2D eigenvalue weighted by atomic mass is 10.1. The van der Waals surface area contributed by atoms with E-state index in [9.17, 15) is 0 Å². The highest BCUT2D eigenvalue weighted by Crippen LogP contribution is 2.21. The quantitative estimate of drug-likeness (QED) is 0.807. The number of hydrogen-bond acceptors (Lipinski definition) is 4. The molecule has 3 N–H and O–H groups in total. The third-order valence-corrected chi connectivity index (χ3v) is 3.00. The Balaban J connectivity index is 2.13. The third-order valence-electron chi connectivity index (χ3n) is 3.00. The number of benzene rings is 1. The third kappa shape index (κ3) is 1.81. The molecule has 2 aromatic rings. The summed E-state index contributed by atoms with van der Waals surface area (Å²) in [5.41, 5.74) is 10.0. The van der Waals surface area contributed by atoms with Crippen molar-refractivity contribution in [2.75, 3.05) is 0 Å². The van der Waals surface area contributed by atoms with E-state index < -0.39 is 0 Å². The van der Waals surface area contributed by atoms with E-state index >= 15 is 0 Å². The summed E-state index contributed by atoms with van der Waals surface area (Å²) in [5.74, 6) is 0.772. The molecule has 2 heterocycles. The number of aromatic nitrogens is 2. The summed E-state index contributed by atoms with van der Waals surface area (Å²) in [4.78, 5) is 9.16. The molecule has 4 nitrogen and oxygen atoms in total. The first-order valence-electron chi connectivity index (χ1n) is 5.73. The molecule has 0 radical (unpaired) electrons. The average Bonchev–Trinajstić information content (AvgIpc) is 2.86. The second-order valence-electron chi connectivity index (χ2n) is 4.09. The maximum atomic E-state index is 5.75. The van der Waals surface area contributed by atoms with Gasteiger partial charge in [0.1, 0.15) is 0 Å². The minimum Gasteiger partial charge on any atom is -0.325 e. The fourth-order valence-corrected chi connectivity index (χ4v) is 2.12. The van der Waals surface area contributed by atoms with Gasteiger partial charge in [-0.15, -0.1) is 0 Å². The van der Waals surface area contributed by atoms with E-state index in [2.05, 4.69) is 15.3 Å². The summed E-state index contributed by atoms with van der Waals surface area (Å²) >= 11 is 0. The normalized spacial score (nSPS) is 13.7. The van der Waals surface area contributed by atoms with Crippen LogP contribution in [-0.4, -0.2) is 9.97 Å². The van der Waals surface area contributed by atoms with Crippen LogP contribution in [0.15, 0.2) is 30.3 Å². The molecule has 0 spiro atoms. The predicted molar refractivity (Wildman–Crippen MR) is 65.9 cm³/mol. The first-order valence-corrected chi connectivity index (χ1v) is 5.73. The van der Waals surface area contributed by atoms with Crippen LogP contribution in [0.25, 0.3) is 11.4 Å². The topological polar surface area (TPSA) is 63.8 Å². The molecule has 0 fully saturated rings. The molecule has 17 heavy (non-hydrogen) atoms. The smallest absolute Gasteiger partial charge is 0.159 e. The Labute approximate surface area is 99.9 Å². The highest BCUT2D eigenvalue weighted by atomic mass is 15.0. The van der Waals surface area contributed by atoms with Crippen molar-refractivity contribution in [1.82, 2.24) is 15.3 Å². The maximum absolute atomic E-state index is 5.75. The lowest BCUT2D eigenvalue weighted by Crippen LogP contribution is -2.08. The van der Waals surface area contributed by atoms with Crippen LogP contribution in [0.5, 0.6) is 0 Å². The van der Waals surface area contributed by atoms with Crippen molar-refractivity contribution in [3.63, 3.8) is 0 Å². The highest BCUT2D eigenvalue weighted by molar-refractivity contribution is 5.55. The van der Waals surface area contributed by atoms with Gasteiger partial charge in [0.25, 0.3) is 0 Å². The molecule has 3 rings (SSSR count). The zero-order chi connectivity index (χ0) is 11.7. The van der Waals surface area contributed by atoms with Crippen molar-refractivity contribution in [1.29, 1.82) is 0 Å². The fourth-order valence-electron chi connectivity index (χ4n) is 2.12. The van der Waals surface area contributed by atoms with Crippen molar-refractivity contribution >= 4 is 0 Å². The molecule has 0 saturated heterocycles. The first-order chi connectivity index (χ1) is 8.38. The molecule has 0 bridgehead atoms. The van der Waals surface area contributed by atoms with E-state index in [4.69, 9.17) is 5.73 Å². The summed E-state index contributed by atoms with van der Waals surface area (Å²) in [7, 11) is 0. The Morgan fingerprint density at radius 2 is 1.94 bits per heavy atom. The summed E-state index contributed by atoms with van der Waals surface area (Å²) < 4.78 is 0. The van der Waals surface area contributed by atoms with E-state index in [-0.39, 0.29) is 0 Å². The van der Waals surface area contributed by atoms with Crippen LogP contribution in [0.3, 0.4) is 0 Å². The van der Waals surface area contributed by atoms with Crippen LogP contribution in [0.1, 0.15) is 17.0 Å². The number of nitrogens with zero attached hydrogens (tertiary/aromatic N) is 2. The molecule has 1 aliphatic rings.